The van der Waals surface area contributed by atoms with Crippen molar-refractivity contribution in [2.45, 2.75) is 32.7 Å². The molecule has 76 valence electrons. The molecule has 1 aliphatic carbocycles. The van der Waals surface area contributed by atoms with Gasteiger partial charge in [-0.05, 0) is 43.9 Å². The molecule has 1 aromatic carbocycles. The Morgan fingerprint density at radius 1 is 1.36 bits per heavy atom. The molecular formula is C13H19N. The first kappa shape index (κ1) is 9.72. The zero-order valence-electron chi connectivity index (χ0n) is 9.30. The predicted octanol–water partition coefficient (Wildman–Crippen LogP) is 2.84. The number of benzene rings is 1. The van der Waals surface area contributed by atoms with Gasteiger partial charge in [-0.1, -0.05) is 30.7 Å². The predicted molar refractivity (Wildman–Crippen MR) is 60.5 cm³/mol. The summed E-state index contributed by atoms with van der Waals surface area (Å²) in [6.07, 6.45) is 2.51. The number of fused-ring (bicyclic) bond motifs is 1. The van der Waals surface area contributed by atoms with Crippen molar-refractivity contribution in [3.05, 3.63) is 34.9 Å². The van der Waals surface area contributed by atoms with Crippen molar-refractivity contribution in [2.75, 3.05) is 7.05 Å². The van der Waals surface area contributed by atoms with Crippen molar-refractivity contribution >= 4 is 0 Å². The Morgan fingerprint density at radius 2 is 2.14 bits per heavy atom. The Labute approximate surface area is 86.5 Å². The Kier molecular flexibility index (Phi) is 2.60. The minimum Gasteiger partial charge on any atom is -0.313 e. The van der Waals surface area contributed by atoms with Crippen LogP contribution in [0.5, 0.6) is 0 Å². The molecule has 0 bridgehead atoms. The summed E-state index contributed by atoms with van der Waals surface area (Å²) in [5, 5.41) is 3.42. The summed E-state index contributed by atoms with van der Waals surface area (Å²) in [4.78, 5) is 0. The molecule has 1 N–H and O–H groups in total. The van der Waals surface area contributed by atoms with Gasteiger partial charge in [-0.25, -0.2) is 0 Å². The van der Waals surface area contributed by atoms with Gasteiger partial charge in [0.2, 0.25) is 0 Å². The molecule has 14 heavy (non-hydrogen) atoms. The molecular weight excluding hydrogens is 170 g/mol. The molecule has 0 fully saturated rings. The molecule has 2 atom stereocenters. The van der Waals surface area contributed by atoms with Crippen molar-refractivity contribution < 1.29 is 0 Å². The maximum Gasteiger partial charge on any atom is 0.0323 e. The van der Waals surface area contributed by atoms with Gasteiger partial charge in [-0.15, -0.1) is 0 Å². The third-order valence-electron chi connectivity index (χ3n) is 3.23. The van der Waals surface area contributed by atoms with E-state index >= 15 is 0 Å². The van der Waals surface area contributed by atoms with Gasteiger partial charge in [0.05, 0.1) is 0 Å². The molecule has 0 amide bonds. The van der Waals surface area contributed by atoms with Crippen LogP contribution in [0.1, 0.15) is 36.1 Å². The van der Waals surface area contributed by atoms with E-state index in [1.807, 2.05) is 0 Å². The summed E-state index contributed by atoms with van der Waals surface area (Å²) in [6, 6.07) is 7.42. The second kappa shape index (κ2) is 3.74. The maximum atomic E-state index is 3.42. The van der Waals surface area contributed by atoms with Crippen molar-refractivity contribution in [2.24, 2.45) is 5.92 Å². The van der Waals surface area contributed by atoms with Gasteiger partial charge in [0, 0.05) is 6.04 Å². The van der Waals surface area contributed by atoms with E-state index in [0.29, 0.717) is 6.04 Å². The van der Waals surface area contributed by atoms with Gasteiger partial charge in [0.25, 0.3) is 0 Å². The van der Waals surface area contributed by atoms with E-state index < -0.39 is 0 Å². The standard InChI is InChI=1S/C13H19N/c1-9-4-5-11-6-10(2)8-13(14-3)12(11)7-9/h4-5,7,10,13-14H,6,8H2,1-3H3. The normalized spacial score (nSPS) is 25.9. The van der Waals surface area contributed by atoms with Gasteiger partial charge < -0.3 is 5.32 Å². The summed E-state index contributed by atoms with van der Waals surface area (Å²) in [5.41, 5.74) is 4.43. The number of hydrogen-bond acceptors (Lipinski definition) is 1. The molecule has 2 rings (SSSR count). The van der Waals surface area contributed by atoms with Crippen LogP contribution in [0, 0.1) is 12.8 Å². The molecule has 1 aromatic rings. The van der Waals surface area contributed by atoms with Crippen LogP contribution in [0.25, 0.3) is 0 Å². The van der Waals surface area contributed by atoms with Gasteiger partial charge in [0.1, 0.15) is 0 Å². The van der Waals surface area contributed by atoms with E-state index in [1.165, 1.54) is 29.5 Å². The third kappa shape index (κ3) is 1.69. The quantitative estimate of drug-likeness (QED) is 0.716. The van der Waals surface area contributed by atoms with Crippen LogP contribution in [0.2, 0.25) is 0 Å². The topological polar surface area (TPSA) is 12.0 Å². The Bertz CT molecular complexity index is 330. The van der Waals surface area contributed by atoms with E-state index in [2.05, 4.69) is 44.4 Å². The summed E-state index contributed by atoms with van der Waals surface area (Å²) < 4.78 is 0. The second-order valence-electron chi connectivity index (χ2n) is 4.59. The molecule has 0 aliphatic heterocycles. The number of nitrogens with one attached hydrogen (secondary N) is 1. The molecule has 0 saturated carbocycles. The van der Waals surface area contributed by atoms with E-state index in [0.717, 1.165) is 5.92 Å². The van der Waals surface area contributed by atoms with Gasteiger partial charge in [0.15, 0.2) is 0 Å². The average Bonchev–Trinajstić information content (AvgIpc) is 2.17. The third-order valence-corrected chi connectivity index (χ3v) is 3.23. The molecule has 0 saturated heterocycles. The summed E-state index contributed by atoms with van der Waals surface area (Å²) in [7, 11) is 2.06. The average molecular weight is 189 g/mol. The SMILES string of the molecule is CNC1CC(C)Cc2ccc(C)cc21. The molecule has 1 heteroatoms. The Hall–Kier alpha value is -0.820. The first-order chi connectivity index (χ1) is 6.70. The summed E-state index contributed by atoms with van der Waals surface area (Å²) in [5.74, 6) is 0.808. The highest BCUT2D eigenvalue weighted by molar-refractivity contribution is 5.36. The number of aryl methyl sites for hydroxylation is 1. The van der Waals surface area contributed by atoms with Crippen molar-refractivity contribution in [1.82, 2.24) is 5.32 Å². The fraction of sp³-hybridized carbons (Fsp3) is 0.538. The van der Waals surface area contributed by atoms with Crippen LogP contribution >= 0.6 is 0 Å². The lowest BCUT2D eigenvalue weighted by Gasteiger charge is -2.29. The number of rotatable bonds is 1. The summed E-state index contributed by atoms with van der Waals surface area (Å²) >= 11 is 0. The van der Waals surface area contributed by atoms with Gasteiger partial charge in [-0.2, -0.15) is 0 Å². The Balaban J connectivity index is 2.41. The first-order valence-electron chi connectivity index (χ1n) is 5.47. The summed E-state index contributed by atoms with van der Waals surface area (Å²) in [6.45, 7) is 4.51. The van der Waals surface area contributed by atoms with Gasteiger partial charge in [-0.3, -0.25) is 0 Å². The van der Waals surface area contributed by atoms with Crippen LogP contribution in [0.3, 0.4) is 0 Å². The van der Waals surface area contributed by atoms with Crippen LogP contribution in [0.15, 0.2) is 18.2 Å². The molecule has 1 aliphatic rings. The lowest BCUT2D eigenvalue weighted by atomic mass is 9.81. The van der Waals surface area contributed by atoms with Crippen LogP contribution in [-0.4, -0.2) is 7.05 Å². The zero-order chi connectivity index (χ0) is 10.1. The Morgan fingerprint density at radius 3 is 2.86 bits per heavy atom. The fourth-order valence-electron chi connectivity index (χ4n) is 2.49. The second-order valence-corrected chi connectivity index (χ2v) is 4.59. The van der Waals surface area contributed by atoms with E-state index in [9.17, 15) is 0 Å². The minimum absolute atomic E-state index is 0.564. The van der Waals surface area contributed by atoms with E-state index in [4.69, 9.17) is 0 Å². The van der Waals surface area contributed by atoms with E-state index in [-0.39, 0.29) is 0 Å². The van der Waals surface area contributed by atoms with Crippen molar-refractivity contribution in [3.8, 4) is 0 Å². The molecule has 0 radical (unpaired) electrons. The first-order valence-corrected chi connectivity index (χ1v) is 5.47. The lowest BCUT2D eigenvalue weighted by molar-refractivity contribution is 0.399. The largest absolute Gasteiger partial charge is 0.313 e. The lowest BCUT2D eigenvalue weighted by Crippen LogP contribution is -2.25. The number of hydrogen-bond donors (Lipinski definition) is 1. The van der Waals surface area contributed by atoms with Crippen molar-refractivity contribution in [3.63, 3.8) is 0 Å². The highest BCUT2D eigenvalue weighted by atomic mass is 14.9. The van der Waals surface area contributed by atoms with Crippen molar-refractivity contribution in [1.29, 1.82) is 0 Å². The van der Waals surface area contributed by atoms with Crippen LogP contribution < -0.4 is 5.32 Å². The molecule has 2 unspecified atom stereocenters. The highest BCUT2D eigenvalue weighted by Gasteiger charge is 2.22. The van der Waals surface area contributed by atoms with Gasteiger partial charge >= 0.3 is 0 Å². The van der Waals surface area contributed by atoms with Crippen LogP contribution in [-0.2, 0) is 6.42 Å². The monoisotopic (exact) mass is 189 g/mol. The molecule has 1 nitrogen and oxygen atoms in total. The molecule has 0 spiro atoms. The smallest absolute Gasteiger partial charge is 0.0323 e. The molecule has 0 aromatic heterocycles. The van der Waals surface area contributed by atoms with E-state index in [1.54, 1.807) is 0 Å². The zero-order valence-corrected chi connectivity index (χ0v) is 9.30. The highest BCUT2D eigenvalue weighted by Crippen LogP contribution is 2.33. The minimum atomic E-state index is 0.564. The fourth-order valence-corrected chi connectivity index (χ4v) is 2.49. The molecule has 0 heterocycles. The maximum absolute atomic E-state index is 3.42. The van der Waals surface area contributed by atoms with Crippen LogP contribution in [0.4, 0.5) is 0 Å².